The lowest BCUT2D eigenvalue weighted by Crippen LogP contribution is -2.47. The van der Waals surface area contributed by atoms with Gasteiger partial charge in [-0.15, -0.1) is 0 Å². The minimum absolute atomic E-state index is 0.0198. The zero-order chi connectivity index (χ0) is 27.2. The predicted octanol–water partition coefficient (Wildman–Crippen LogP) is 5.26. The van der Waals surface area contributed by atoms with E-state index in [0.29, 0.717) is 0 Å². The van der Waals surface area contributed by atoms with Gasteiger partial charge < -0.3 is 14.8 Å². The molecule has 0 bridgehead atoms. The first-order chi connectivity index (χ1) is 16.5. The number of halogens is 5. The molecule has 1 aliphatic rings. The number of aromatic nitrogens is 1. The zero-order valence-corrected chi connectivity index (χ0v) is 20.9. The Hall–Kier alpha value is -2.80. The molecule has 1 aromatic heterocycles. The number of alkyl halides is 3. The predicted molar refractivity (Wildman–Crippen MR) is 121 cm³/mol. The highest BCUT2D eigenvalue weighted by atomic mass is 32.2. The van der Waals surface area contributed by atoms with Crippen molar-refractivity contribution in [3.8, 4) is 5.75 Å². The molecule has 36 heavy (non-hydrogen) atoms. The molecule has 0 radical (unpaired) electrons. The van der Waals surface area contributed by atoms with Crippen LogP contribution in [0.4, 0.5) is 27.6 Å². The summed E-state index contributed by atoms with van der Waals surface area (Å²) in [5.74, 6) is -7.05. The maximum absolute atomic E-state index is 14.7. The zero-order valence-electron chi connectivity index (χ0n) is 20.1. The summed E-state index contributed by atoms with van der Waals surface area (Å²) in [4.78, 5) is 17.1. The topological polar surface area (TPSA) is 101 Å². The lowest BCUT2D eigenvalue weighted by Gasteiger charge is -2.32. The monoisotopic (exact) mass is 535 g/mol. The van der Waals surface area contributed by atoms with Gasteiger partial charge in [0.25, 0.3) is 5.91 Å². The number of carbonyl (C=O) groups is 1. The molecule has 5 atom stereocenters. The number of anilines is 1. The van der Waals surface area contributed by atoms with Gasteiger partial charge in [0, 0.05) is 35.5 Å². The highest BCUT2D eigenvalue weighted by Crippen LogP contribution is 2.55. The molecular formula is C23H26F5N3O4S. The number of nitrogens with zero attached hydrogens (tertiary/aromatic N) is 1. The number of hydrogen-bond donors (Lipinski definition) is 2. The Morgan fingerprint density at radius 2 is 1.92 bits per heavy atom. The van der Waals surface area contributed by atoms with Crippen molar-refractivity contribution in [3.05, 3.63) is 47.7 Å². The number of rotatable bonds is 6. The van der Waals surface area contributed by atoms with Crippen LogP contribution in [-0.4, -0.2) is 45.3 Å². The van der Waals surface area contributed by atoms with E-state index in [-0.39, 0.29) is 16.3 Å². The van der Waals surface area contributed by atoms with Crippen LogP contribution >= 0.6 is 0 Å². The third-order valence-corrected chi connectivity index (χ3v) is 7.14. The molecule has 0 unspecified atom stereocenters. The van der Waals surface area contributed by atoms with E-state index in [0.717, 1.165) is 31.4 Å². The summed E-state index contributed by atoms with van der Waals surface area (Å²) >= 11 is 0. The lowest BCUT2D eigenvalue weighted by molar-refractivity contribution is -0.272. The van der Waals surface area contributed by atoms with Crippen molar-refractivity contribution in [3.63, 3.8) is 0 Å². The summed E-state index contributed by atoms with van der Waals surface area (Å²) in [6.45, 7) is 5.07. The van der Waals surface area contributed by atoms with Gasteiger partial charge in [0.2, 0.25) is 5.82 Å². The van der Waals surface area contributed by atoms with Gasteiger partial charge in [-0.05, 0) is 39.0 Å². The van der Waals surface area contributed by atoms with Crippen LogP contribution in [-0.2, 0) is 19.3 Å². The molecule has 1 amide bonds. The summed E-state index contributed by atoms with van der Waals surface area (Å²) in [6.07, 6.45) is -5.04. The van der Waals surface area contributed by atoms with Crippen LogP contribution < -0.4 is 10.1 Å². The second-order valence-corrected chi connectivity index (χ2v) is 11.2. The first kappa shape index (κ1) is 27.8. The van der Waals surface area contributed by atoms with Gasteiger partial charge in [0.05, 0.1) is 15.8 Å². The molecule has 0 spiro atoms. The van der Waals surface area contributed by atoms with E-state index in [9.17, 15) is 31.0 Å². The van der Waals surface area contributed by atoms with E-state index in [1.165, 1.54) is 33.0 Å². The highest BCUT2D eigenvalue weighted by Gasteiger charge is 2.66. The molecule has 1 fully saturated rings. The molecule has 2 heterocycles. The molecule has 2 aromatic rings. The average Bonchev–Trinajstić information content (AvgIpc) is 3.03. The number of carbonyl (C=O) groups excluding carboxylic acids is 1. The molecule has 0 aliphatic carbocycles. The Labute approximate surface area is 205 Å². The standard InChI is InChI=1S/C23H26F5N3O4S/c1-11(2)34-19-14(6-7-15(24)18(19)25)17-12(3)22(4,23(26,27)28)35-20(17)21(32)31-13-8-9-30-16(10-13)36(5,29)33/h6-12,17,20,29H,1-5H3,(H,30,31,32)/t12-,17-,20+,22+,36+/m0/s1. The van der Waals surface area contributed by atoms with Crippen LogP contribution in [0.25, 0.3) is 0 Å². The summed E-state index contributed by atoms with van der Waals surface area (Å²) in [6, 6.07) is 4.30. The van der Waals surface area contributed by atoms with E-state index < -0.39 is 68.8 Å². The van der Waals surface area contributed by atoms with Crippen LogP contribution in [0.1, 0.15) is 39.2 Å². The fourth-order valence-corrected chi connectivity index (χ4v) is 4.72. The normalized spacial score (nSPS) is 26.0. The van der Waals surface area contributed by atoms with Gasteiger partial charge in [0.1, 0.15) is 11.1 Å². The number of amides is 1. The van der Waals surface area contributed by atoms with Gasteiger partial charge in [-0.25, -0.2) is 18.4 Å². The van der Waals surface area contributed by atoms with Crippen molar-refractivity contribution in [2.45, 2.75) is 62.6 Å². The van der Waals surface area contributed by atoms with Crippen molar-refractivity contribution in [1.82, 2.24) is 4.98 Å². The van der Waals surface area contributed by atoms with Crippen LogP contribution in [0.2, 0.25) is 0 Å². The van der Waals surface area contributed by atoms with Gasteiger partial charge in [-0.2, -0.15) is 17.6 Å². The van der Waals surface area contributed by atoms with E-state index in [4.69, 9.17) is 14.3 Å². The number of pyridine rings is 1. The molecule has 1 aromatic carbocycles. The van der Waals surface area contributed by atoms with E-state index in [1.54, 1.807) is 0 Å². The van der Waals surface area contributed by atoms with Crippen LogP contribution in [0.5, 0.6) is 5.75 Å². The Morgan fingerprint density at radius 3 is 2.47 bits per heavy atom. The number of benzene rings is 1. The maximum atomic E-state index is 14.7. The smallest absolute Gasteiger partial charge is 0.417 e. The van der Waals surface area contributed by atoms with Crippen molar-refractivity contribution in [2.24, 2.45) is 5.92 Å². The van der Waals surface area contributed by atoms with Gasteiger partial charge in [0.15, 0.2) is 17.2 Å². The lowest BCUT2D eigenvalue weighted by atomic mass is 9.77. The number of hydrogen-bond acceptors (Lipinski definition) is 6. The Morgan fingerprint density at radius 1 is 1.28 bits per heavy atom. The molecule has 1 saturated heterocycles. The third-order valence-electron chi connectivity index (χ3n) is 6.12. The fraction of sp³-hybridized carbons (Fsp3) is 0.478. The fourth-order valence-electron chi connectivity index (χ4n) is 4.10. The van der Waals surface area contributed by atoms with Crippen molar-refractivity contribution < 1.29 is 40.4 Å². The quantitative estimate of drug-likeness (QED) is 0.492. The highest BCUT2D eigenvalue weighted by molar-refractivity contribution is 7.91. The largest absolute Gasteiger partial charge is 0.488 e. The third kappa shape index (κ3) is 5.17. The van der Waals surface area contributed by atoms with Gasteiger partial charge in [-0.3, -0.25) is 4.79 Å². The summed E-state index contributed by atoms with van der Waals surface area (Å²) in [5, 5.41) is 2.26. The average molecular weight is 536 g/mol. The Bertz CT molecular complexity index is 1270. The molecule has 2 N–H and O–H groups in total. The Kier molecular flexibility index (Phi) is 7.39. The maximum Gasteiger partial charge on any atom is 0.417 e. The van der Waals surface area contributed by atoms with Crippen molar-refractivity contribution in [2.75, 3.05) is 11.6 Å². The molecule has 13 heteroatoms. The first-order valence-electron chi connectivity index (χ1n) is 10.9. The SMILES string of the molecule is CC(C)Oc1c([C@H]2[C@H](C(=O)Nc3ccnc([S@](C)(=N)=O)c3)O[C@@](C)(C(F)(F)F)[C@H]2C)ccc(F)c1F. The van der Waals surface area contributed by atoms with E-state index in [2.05, 4.69) is 10.3 Å². The summed E-state index contributed by atoms with van der Waals surface area (Å²) in [7, 11) is -3.24. The van der Waals surface area contributed by atoms with Crippen LogP contribution in [0.15, 0.2) is 35.5 Å². The summed E-state index contributed by atoms with van der Waals surface area (Å²) in [5.41, 5.74) is -2.94. The van der Waals surface area contributed by atoms with Crippen LogP contribution in [0.3, 0.4) is 0 Å². The van der Waals surface area contributed by atoms with Gasteiger partial charge in [-0.1, -0.05) is 13.0 Å². The second kappa shape index (κ2) is 9.58. The van der Waals surface area contributed by atoms with Crippen LogP contribution in [0, 0.1) is 22.3 Å². The molecule has 0 saturated carbocycles. The minimum Gasteiger partial charge on any atom is -0.488 e. The number of nitrogens with one attached hydrogen (secondary N) is 2. The Balaban J connectivity index is 2.11. The van der Waals surface area contributed by atoms with E-state index >= 15 is 0 Å². The molecule has 198 valence electrons. The molecular weight excluding hydrogens is 509 g/mol. The van der Waals surface area contributed by atoms with E-state index in [1.807, 2.05) is 0 Å². The first-order valence-corrected chi connectivity index (χ1v) is 12.8. The molecule has 1 aliphatic heterocycles. The van der Waals surface area contributed by atoms with Crippen molar-refractivity contribution in [1.29, 1.82) is 4.78 Å². The second-order valence-electron chi connectivity index (χ2n) is 9.12. The van der Waals surface area contributed by atoms with Crippen molar-refractivity contribution >= 4 is 21.3 Å². The number of ether oxygens (including phenoxy) is 2. The van der Waals surface area contributed by atoms with Gasteiger partial charge >= 0.3 is 6.18 Å². The summed E-state index contributed by atoms with van der Waals surface area (Å²) < 4.78 is 101. The minimum atomic E-state index is -4.90. The molecule has 3 rings (SSSR count). The molecule has 7 nitrogen and oxygen atoms in total.